The van der Waals surface area contributed by atoms with Gasteiger partial charge in [-0.2, -0.15) is 0 Å². The number of hydrogen-bond donors (Lipinski definition) is 2. The summed E-state index contributed by atoms with van der Waals surface area (Å²) in [4.78, 5) is 24.2. The van der Waals surface area contributed by atoms with E-state index in [4.69, 9.17) is 23.2 Å². The Morgan fingerprint density at radius 3 is 2.19 bits per heavy atom. The fraction of sp³-hybridized carbons (Fsp3) is 0.231. The van der Waals surface area contributed by atoms with Crippen molar-refractivity contribution in [1.82, 2.24) is 0 Å². The van der Waals surface area contributed by atoms with Crippen LogP contribution in [0.5, 0.6) is 0 Å². The van der Waals surface area contributed by atoms with Crippen molar-refractivity contribution >= 4 is 40.8 Å². The molecule has 4 nitrogen and oxygen atoms in total. The highest BCUT2D eigenvalue weighted by Gasteiger charge is 2.14. The van der Waals surface area contributed by atoms with Crippen LogP contribution < -0.4 is 5.32 Å². The highest BCUT2D eigenvalue weighted by atomic mass is 35.5. The minimum absolute atomic E-state index is 0.0520. The molecule has 1 amide bonds. The molecule has 0 radical (unpaired) electrons. The number of aryl methyl sites for hydroxylation is 2. The van der Waals surface area contributed by atoms with Crippen LogP contribution in [-0.4, -0.2) is 17.0 Å². The number of unbranched alkanes of at least 4 members (excludes halogenated alkanes) is 1. The Morgan fingerprint density at radius 1 is 0.844 bits per heavy atom. The number of aromatic carboxylic acids is 1. The largest absolute Gasteiger partial charge is 0.478 e. The Balaban J connectivity index is 1.74. The average molecular weight is 470 g/mol. The molecule has 0 bridgehead atoms. The molecule has 0 unspecified atom stereocenters. The van der Waals surface area contributed by atoms with E-state index in [-0.39, 0.29) is 23.6 Å². The van der Waals surface area contributed by atoms with Crippen LogP contribution in [0.4, 0.5) is 5.69 Å². The molecule has 0 atom stereocenters. The standard InChI is InChI=1S/C26H25Cl2NO3/c1-2-3-4-17-5-9-19(10-6-17)20-11-12-21(26(31)32)24(16-20)29-25(30)14-8-18-7-13-22(27)23(28)15-18/h5-7,9-13,15-16H,2-4,8,14H2,1H3,(H,29,30)(H,31,32). The van der Waals surface area contributed by atoms with Crippen molar-refractivity contribution in [3.63, 3.8) is 0 Å². The molecule has 32 heavy (non-hydrogen) atoms. The zero-order valence-corrected chi connectivity index (χ0v) is 19.3. The lowest BCUT2D eigenvalue weighted by molar-refractivity contribution is -0.116. The number of carbonyl (C=O) groups excluding carboxylic acids is 1. The lowest BCUT2D eigenvalue weighted by Gasteiger charge is -2.12. The van der Waals surface area contributed by atoms with Gasteiger partial charge in [0.25, 0.3) is 0 Å². The first-order valence-corrected chi connectivity index (χ1v) is 11.3. The number of carboxylic acid groups (broad SMARTS) is 1. The Kier molecular flexibility index (Phi) is 8.32. The second kappa shape index (κ2) is 11.2. The number of carboxylic acids is 1. The number of amides is 1. The summed E-state index contributed by atoms with van der Waals surface area (Å²) in [5.41, 5.74) is 4.30. The molecule has 3 aromatic rings. The second-order valence-electron chi connectivity index (χ2n) is 7.66. The lowest BCUT2D eigenvalue weighted by atomic mass is 9.99. The second-order valence-corrected chi connectivity index (χ2v) is 8.48. The van der Waals surface area contributed by atoms with Gasteiger partial charge in [0.05, 0.1) is 21.3 Å². The van der Waals surface area contributed by atoms with Gasteiger partial charge in [-0.25, -0.2) is 4.79 Å². The predicted octanol–water partition coefficient (Wildman–Crippen LogP) is 7.27. The molecule has 0 saturated heterocycles. The number of carbonyl (C=O) groups is 2. The first kappa shape index (κ1) is 23.8. The summed E-state index contributed by atoms with van der Waals surface area (Å²) in [6.07, 6.45) is 3.98. The Hall–Kier alpha value is -2.82. The number of anilines is 1. The molecule has 0 aliphatic heterocycles. The average Bonchev–Trinajstić information content (AvgIpc) is 2.78. The first-order valence-electron chi connectivity index (χ1n) is 10.6. The van der Waals surface area contributed by atoms with Gasteiger partial charge in [0.1, 0.15) is 0 Å². The maximum Gasteiger partial charge on any atom is 0.337 e. The van der Waals surface area contributed by atoms with E-state index in [0.717, 1.165) is 36.0 Å². The van der Waals surface area contributed by atoms with E-state index in [0.29, 0.717) is 16.5 Å². The van der Waals surface area contributed by atoms with Gasteiger partial charge in [0, 0.05) is 6.42 Å². The molecule has 3 aromatic carbocycles. The van der Waals surface area contributed by atoms with Crippen molar-refractivity contribution in [2.24, 2.45) is 0 Å². The zero-order chi connectivity index (χ0) is 23.1. The van der Waals surface area contributed by atoms with Gasteiger partial charge in [0.15, 0.2) is 0 Å². The predicted molar refractivity (Wildman–Crippen MR) is 131 cm³/mol. The maximum absolute atomic E-state index is 12.5. The van der Waals surface area contributed by atoms with E-state index in [1.807, 2.05) is 18.2 Å². The third-order valence-electron chi connectivity index (χ3n) is 5.26. The van der Waals surface area contributed by atoms with Gasteiger partial charge in [0.2, 0.25) is 5.91 Å². The Morgan fingerprint density at radius 2 is 1.53 bits per heavy atom. The molecule has 0 spiro atoms. The molecule has 0 aromatic heterocycles. The molecule has 166 valence electrons. The van der Waals surface area contributed by atoms with Gasteiger partial charge >= 0.3 is 5.97 Å². The molecule has 0 heterocycles. The Labute approximate surface area is 198 Å². The topological polar surface area (TPSA) is 66.4 Å². The van der Waals surface area contributed by atoms with E-state index < -0.39 is 5.97 Å². The van der Waals surface area contributed by atoms with E-state index in [1.165, 1.54) is 11.6 Å². The molecular weight excluding hydrogens is 445 g/mol. The van der Waals surface area contributed by atoms with Gasteiger partial charge < -0.3 is 10.4 Å². The van der Waals surface area contributed by atoms with Crippen molar-refractivity contribution < 1.29 is 14.7 Å². The molecule has 2 N–H and O–H groups in total. The first-order chi connectivity index (χ1) is 15.4. The third-order valence-corrected chi connectivity index (χ3v) is 5.99. The SMILES string of the molecule is CCCCc1ccc(-c2ccc(C(=O)O)c(NC(=O)CCc3ccc(Cl)c(Cl)c3)c2)cc1. The van der Waals surface area contributed by atoms with Crippen LogP contribution in [0.15, 0.2) is 60.7 Å². The summed E-state index contributed by atoms with van der Waals surface area (Å²) in [6.45, 7) is 2.17. The summed E-state index contributed by atoms with van der Waals surface area (Å²) >= 11 is 12.0. The summed E-state index contributed by atoms with van der Waals surface area (Å²) in [6, 6.07) is 18.5. The molecule has 0 aliphatic carbocycles. The minimum atomic E-state index is -1.09. The van der Waals surface area contributed by atoms with E-state index >= 15 is 0 Å². The minimum Gasteiger partial charge on any atom is -0.478 e. The molecule has 0 saturated carbocycles. The van der Waals surface area contributed by atoms with Crippen molar-refractivity contribution in [3.8, 4) is 11.1 Å². The number of rotatable bonds is 9. The fourth-order valence-electron chi connectivity index (χ4n) is 3.42. The normalized spacial score (nSPS) is 10.7. The van der Waals surface area contributed by atoms with Crippen molar-refractivity contribution in [2.75, 3.05) is 5.32 Å². The highest BCUT2D eigenvalue weighted by Crippen LogP contribution is 2.27. The molecule has 0 aliphatic rings. The van der Waals surface area contributed by atoms with Crippen molar-refractivity contribution in [3.05, 3.63) is 87.4 Å². The zero-order valence-electron chi connectivity index (χ0n) is 17.8. The van der Waals surface area contributed by atoms with Gasteiger partial charge in [-0.05, 0) is 65.8 Å². The van der Waals surface area contributed by atoms with Gasteiger partial charge in [-0.3, -0.25) is 4.79 Å². The van der Waals surface area contributed by atoms with Crippen LogP contribution in [0.2, 0.25) is 10.0 Å². The number of halogens is 2. The molecule has 3 rings (SSSR count). The molecule has 0 fully saturated rings. The smallest absolute Gasteiger partial charge is 0.337 e. The van der Waals surface area contributed by atoms with Gasteiger partial charge in [-0.1, -0.05) is 72.9 Å². The van der Waals surface area contributed by atoms with Crippen LogP contribution in [0, 0.1) is 0 Å². The summed E-state index contributed by atoms with van der Waals surface area (Å²) < 4.78 is 0. The monoisotopic (exact) mass is 469 g/mol. The van der Waals surface area contributed by atoms with Crippen molar-refractivity contribution in [2.45, 2.75) is 39.0 Å². The van der Waals surface area contributed by atoms with Crippen LogP contribution in [0.25, 0.3) is 11.1 Å². The highest BCUT2D eigenvalue weighted by molar-refractivity contribution is 6.42. The van der Waals surface area contributed by atoms with Crippen molar-refractivity contribution in [1.29, 1.82) is 0 Å². The number of hydrogen-bond acceptors (Lipinski definition) is 2. The van der Waals surface area contributed by atoms with E-state index in [9.17, 15) is 14.7 Å². The summed E-state index contributed by atoms with van der Waals surface area (Å²) in [7, 11) is 0. The molecule has 6 heteroatoms. The van der Waals surface area contributed by atoms with Gasteiger partial charge in [-0.15, -0.1) is 0 Å². The van der Waals surface area contributed by atoms with E-state index in [1.54, 1.807) is 24.3 Å². The van der Waals surface area contributed by atoms with Crippen LogP contribution in [-0.2, 0) is 17.6 Å². The van der Waals surface area contributed by atoms with Crippen LogP contribution in [0.3, 0.4) is 0 Å². The quantitative estimate of drug-likeness (QED) is 0.346. The maximum atomic E-state index is 12.5. The molecular formula is C26H25Cl2NO3. The van der Waals surface area contributed by atoms with Crippen LogP contribution >= 0.6 is 23.2 Å². The Bertz CT molecular complexity index is 1110. The number of benzene rings is 3. The third kappa shape index (κ3) is 6.35. The lowest BCUT2D eigenvalue weighted by Crippen LogP contribution is -2.15. The fourth-order valence-corrected chi connectivity index (χ4v) is 3.74. The van der Waals surface area contributed by atoms with E-state index in [2.05, 4.69) is 24.4 Å². The van der Waals surface area contributed by atoms with Crippen LogP contribution in [0.1, 0.15) is 47.7 Å². The summed E-state index contributed by atoms with van der Waals surface area (Å²) in [5, 5.41) is 13.2. The summed E-state index contributed by atoms with van der Waals surface area (Å²) in [5.74, 6) is -1.36. The number of nitrogens with one attached hydrogen (secondary N) is 1.